The molecule has 1 heterocycles. The summed E-state index contributed by atoms with van der Waals surface area (Å²) in [5, 5.41) is 32.9. The molecule has 0 unspecified atom stereocenters. The van der Waals surface area contributed by atoms with Gasteiger partial charge < -0.3 is 70.5 Å². The Bertz CT molecular complexity index is 2440. The van der Waals surface area contributed by atoms with E-state index in [0.29, 0.717) is 0 Å². The molecule has 90 heavy (non-hydrogen) atoms. The summed E-state index contributed by atoms with van der Waals surface area (Å²) in [6, 6.07) is -14.3. The van der Waals surface area contributed by atoms with Crippen LogP contribution in [0.3, 0.4) is 0 Å². The van der Waals surface area contributed by atoms with Gasteiger partial charge in [-0.15, -0.1) is 0 Å². The fourth-order valence-corrected chi connectivity index (χ4v) is 11.2. The summed E-state index contributed by atoms with van der Waals surface area (Å²) >= 11 is 0. The largest absolute Gasteiger partial charge is 0.394 e. The molecule has 1 aliphatic heterocycles. The minimum atomic E-state index is -1.67. The molecule has 0 aromatic rings. The smallest absolute Gasteiger partial charge is 0.248 e. The molecule has 1 aliphatic rings. The lowest BCUT2D eigenvalue weighted by Gasteiger charge is -2.41. The summed E-state index contributed by atoms with van der Waals surface area (Å²) in [7, 11) is 9.76. The minimum Gasteiger partial charge on any atom is -0.394 e. The second-order valence-corrected chi connectivity index (χ2v) is 27.1. The van der Waals surface area contributed by atoms with Gasteiger partial charge in [-0.1, -0.05) is 109 Å². The van der Waals surface area contributed by atoms with Crippen molar-refractivity contribution in [2.45, 2.75) is 229 Å². The Morgan fingerprint density at radius 3 is 1.30 bits per heavy atom. The highest BCUT2D eigenvalue weighted by Crippen LogP contribution is 2.26. The highest BCUT2D eigenvalue weighted by Gasteiger charge is 2.46. The molecule has 25 heteroatoms. The van der Waals surface area contributed by atoms with E-state index in [1.165, 1.54) is 82.8 Å². The summed E-state index contributed by atoms with van der Waals surface area (Å²) < 4.78 is 5.71. The van der Waals surface area contributed by atoms with Crippen molar-refractivity contribution in [1.82, 2.24) is 55.6 Å². The van der Waals surface area contributed by atoms with Crippen LogP contribution < -0.4 is 21.3 Å². The third-order valence-corrected chi connectivity index (χ3v) is 16.9. The second-order valence-electron chi connectivity index (χ2n) is 27.1. The predicted octanol–water partition coefficient (Wildman–Crippen LogP) is 2.65. The molecule has 0 bridgehead atoms. The molecule has 0 spiro atoms. The van der Waals surface area contributed by atoms with Gasteiger partial charge >= 0.3 is 0 Å². The van der Waals surface area contributed by atoms with Crippen LogP contribution >= 0.6 is 0 Å². The zero-order chi connectivity index (χ0) is 69.7. The van der Waals surface area contributed by atoms with Gasteiger partial charge in [0.2, 0.25) is 65.0 Å². The van der Waals surface area contributed by atoms with Crippen LogP contribution in [0, 0.1) is 41.4 Å². The van der Waals surface area contributed by atoms with Crippen molar-refractivity contribution >= 4 is 65.0 Å². The summed E-state index contributed by atoms with van der Waals surface area (Å²) in [6.07, 6.45) is 2.71. The van der Waals surface area contributed by atoms with Crippen molar-refractivity contribution in [3.63, 3.8) is 0 Å². The van der Waals surface area contributed by atoms with Crippen LogP contribution in [0.1, 0.15) is 156 Å². The van der Waals surface area contributed by atoms with E-state index in [9.17, 15) is 39.0 Å². The average molecular weight is 1280 g/mol. The topological polar surface area (TPSA) is 308 Å². The van der Waals surface area contributed by atoms with Crippen molar-refractivity contribution in [3.05, 3.63) is 12.2 Å². The van der Waals surface area contributed by atoms with Gasteiger partial charge in [-0.25, -0.2) is 0 Å². The molecule has 0 aromatic carbocycles. The number of carbonyl (C=O) groups excluding carboxylic acids is 11. The number of nitrogens with one attached hydrogen (secondary N) is 4. The van der Waals surface area contributed by atoms with Crippen molar-refractivity contribution in [1.29, 1.82) is 0 Å². The zero-order valence-corrected chi connectivity index (χ0v) is 58.9. The van der Waals surface area contributed by atoms with E-state index in [2.05, 4.69) is 21.3 Å². The van der Waals surface area contributed by atoms with Gasteiger partial charge in [0.1, 0.15) is 66.5 Å². The number of ether oxygens (including phenoxy) is 1. The molecule has 1 saturated heterocycles. The number of hydrogen-bond acceptors (Lipinski definition) is 14. The number of rotatable bonds is 19. The van der Waals surface area contributed by atoms with E-state index >= 15 is 24.0 Å². The Hall–Kier alpha value is -6.21. The molecule has 0 aliphatic carbocycles. The van der Waals surface area contributed by atoms with E-state index in [4.69, 9.17) is 4.74 Å². The Balaban J connectivity index is 4.50. The lowest BCUT2D eigenvalue weighted by Crippen LogP contribution is -2.64. The van der Waals surface area contributed by atoms with E-state index < -0.39 is 169 Å². The number of aliphatic hydroxyl groups excluding tert-OH is 2. The normalized spacial score (nSPS) is 26.9. The monoisotopic (exact) mass is 1280 g/mol. The van der Waals surface area contributed by atoms with Crippen LogP contribution in [0.25, 0.3) is 0 Å². The molecule has 25 nitrogen and oxygen atoms in total. The minimum absolute atomic E-state index is 0.0563. The van der Waals surface area contributed by atoms with Crippen molar-refractivity contribution in [2.24, 2.45) is 41.4 Å². The lowest BCUT2D eigenvalue weighted by atomic mass is 9.91. The first-order chi connectivity index (χ1) is 41.7. The van der Waals surface area contributed by atoms with Crippen LogP contribution in [-0.4, -0.2) is 251 Å². The molecule has 11 amide bonds. The molecular weight excluding hydrogens is 1160 g/mol. The van der Waals surface area contributed by atoms with Crippen LogP contribution in [0.4, 0.5) is 0 Å². The Labute approximate surface area is 537 Å². The van der Waals surface area contributed by atoms with Crippen molar-refractivity contribution < 1.29 is 67.7 Å². The molecule has 0 radical (unpaired) electrons. The molecule has 516 valence electrons. The summed E-state index contributed by atoms with van der Waals surface area (Å²) in [6.45, 7) is 28.5. The van der Waals surface area contributed by atoms with Gasteiger partial charge in [-0.05, 0) is 101 Å². The van der Waals surface area contributed by atoms with E-state index in [1.54, 1.807) is 60.6 Å². The zero-order valence-electron chi connectivity index (χ0n) is 58.9. The second kappa shape index (κ2) is 38.0. The molecule has 13 atom stereocenters. The van der Waals surface area contributed by atoms with Gasteiger partial charge in [-0.3, -0.25) is 52.7 Å². The van der Waals surface area contributed by atoms with Gasteiger partial charge in [0.15, 0.2) is 0 Å². The Morgan fingerprint density at radius 1 is 0.456 bits per heavy atom. The third kappa shape index (κ3) is 22.9. The van der Waals surface area contributed by atoms with Gasteiger partial charge in [0.25, 0.3) is 0 Å². The number of amides is 11. The number of hydrogen-bond donors (Lipinski definition) is 6. The Kier molecular flexibility index (Phi) is 34.5. The molecule has 1 rings (SSSR count). The quantitative estimate of drug-likeness (QED) is 0.0801. The van der Waals surface area contributed by atoms with E-state index in [1.807, 2.05) is 55.4 Å². The van der Waals surface area contributed by atoms with Crippen molar-refractivity contribution in [2.75, 3.05) is 69.2 Å². The van der Waals surface area contributed by atoms with Crippen LogP contribution in [-0.2, 0) is 57.5 Å². The maximum Gasteiger partial charge on any atom is 0.248 e. The van der Waals surface area contributed by atoms with Gasteiger partial charge in [0, 0.05) is 49.3 Å². The van der Waals surface area contributed by atoms with E-state index in [0.717, 1.165) is 14.7 Å². The first-order valence-electron chi connectivity index (χ1n) is 32.2. The molecule has 1 fully saturated rings. The number of nitrogens with zero attached hydrogens (tertiary/aromatic N) is 7. The fourth-order valence-electron chi connectivity index (χ4n) is 11.2. The van der Waals surface area contributed by atoms with Crippen LogP contribution in [0.15, 0.2) is 12.2 Å². The third-order valence-electron chi connectivity index (χ3n) is 16.9. The number of carbonyl (C=O) groups is 11. The molecule has 0 aromatic heterocycles. The van der Waals surface area contributed by atoms with E-state index in [-0.39, 0.29) is 68.8 Å². The van der Waals surface area contributed by atoms with Gasteiger partial charge in [0.05, 0.1) is 25.9 Å². The molecule has 0 saturated carbocycles. The SMILES string of the molecule is C/C=C/C[C@@H](C)[C@@H](O)[C@H]1C(=O)N[C@@H](CC)C(=O)N(C)[C@H](COCCO)C(=O)N(C)[C@@H](CC(C)C)C(=O)N[C@@H](C(C)C)C(=O)N(C)[C@@H](CC(C)C)C(=O)N[C@@H](C)C(=O)N[C@@H](C)C(=O)N(C)[C@@H](CC(C)C)C(=O)N(C)[C@@H](CC(C)C)C(=O)N(C)[C@@H](C(C)C)C(=O)N1C. The first-order valence-corrected chi connectivity index (χ1v) is 32.2. The van der Waals surface area contributed by atoms with Crippen LogP contribution in [0.2, 0.25) is 0 Å². The standard InChI is InChI=1S/C65H117N11O14/c1-25-27-28-42(15)54(78)53-58(82)68-45(26-2)60(84)74(22)50(35-90-30-29-77)63(87)70(18)47(32-37(5)6)57(81)69-51(40(11)12)64(88)71(19)46(31-36(3)4)56(80)66-43(16)55(79)67-44(17)59(83)72(20)48(33-38(7)8)61(85)73(21)49(34-39(9)10)62(86)75(23)52(41(13)14)65(89)76(53)24/h25,27,36-54,77-78H,26,28-35H2,1-24H3,(H,66,80)(H,67,79)(H,68,82)(H,69,81)/b27-25+/t42-,43+,44+,45+,46+,47+,48+,49+,50-,51+,52+,53+,54-/m1/s1. The maximum atomic E-state index is 15.3. The predicted molar refractivity (Wildman–Crippen MR) is 345 cm³/mol. The number of aliphatic hydroxyl groups is 2. The molecular formula is C65H117N11O14. The molecule has 6 N–H and O–H groups in total. The van der Waals surface area contributed by atoms with Gasteiger partial charge in [-0.2, -0.15) is 0 Å². The first kappa shape index (κ1) is 81.8. The summed E-state index contributed by atoms with van der Waals surface area (Å²) in [5.74, 6) is -10.5. The Morgan fingerprint density at radius 2 is 0.856 bits per heavy atom. The number of allylic oxidation sites excluding steroid dienone is 2. The van der Waals surface area contributed by atoms with Crippen molar-refractivity contribution in [3.8, 4) is 0 Å². The number of likely N-dealkylation sites (N-methyl/N-ethyl adjacent to an activating group) is 7. The lowest BCUT2D eigenvalue weighted by molar-refractivity contribution is -0.157. The summed E-state index contributed by atoms with van der Waals surface area (Å²) in [4.78, 5) is 171. The highest BCUT2D eigenvalue weighted by molar-refractivity contribution is 6.00. The van der Waals surface area contributed by atoms with Crippen LogP contribution in [0.5, 0.6) is 0 Å². The average Bonchev–Trinajstić information content (AvgIpc) is 1.57. The maximum absolute atomic E-state index is 15.3. The fraction of sp³-hybridized carbons (Fsp3) is 0.800. The summed E-state index contributed by atoms with van der Waals surface area (Å²) in [5.41, 5.74) is 0. The highest BCUT2D eigenvalue weighted by atomic mass is 16.5.